The van der Waals surface area contributed by atoms with Gasteiger partial charge in [-0.1, -0.05) is 24.3 Å². The van der Waals surface area contributed by atoms with Gasteiger partial charge in [0.05, 0.1) is 0 Å². The first-order valence-corrected chi connectivity index (χ1v) is 6.98. The summed E-state index contributed by atoms with van der Waals surface area (Å²) in [5, 5.41) is 12.4. The molecule has 18 heavy (non-hydrogen) atoms. The van der Waals surface area contributed by atoms with Crippen LogP contribution >= 0.6 is 11.3 Å². The highest BCUT2D eigenvalue weighted by molar-refractivity contribution is 7.12. The molecule has 3 heteroatoms. The van der Waals surface area contributed by atoms with E-state index in [9.17, 15) is 0 Å². The van der Waals surface area contributed by atoms with Gasteiger partial charge in [0.25, 0.3) is 0 Å². The third kappa shape index (κ3) is 2.17. The fourth-order valence-electron chi connectivity index (χ4n) is 2.53. The quantitative estimate of drug-likeness (QED) is 0.911. The molecule has 1 aromatic heterocycles. The van der Waals surface area contributed by atoms with Crippen LogP contribution in [0.1, 0.15) is 33.3 Å². The largest absolute Gasteiger partial charge is 0.305 e. The Morgan fingerprint density at radius 3 is 3.00 bits per heavy atom. The smallest absolute Gasteiger partial charge is 0.110 e. The standard InChI is InChI=1S/C15H14N2S/c16-9-12-6-7-13(18-12)10-17-15-8-5-11-3-1-2-4-14(11)15/h1-4,6-7,15,17H,5,8,10H2. The second-order valence-corrected chi connectivity index (χ2v) is 5.72. The molecule has 1 atom stereocenters. The third-order valence-electron chi connectivity index (χ3n) is 3.43. The van der Waals surface area contributed by atoms with Crippen LogP contribution in [0.4, 0.5) is 0 Å². The average Bonchev–Trinajstić information content (AvgIpc) is 3.03. The Hall–Kier alpha value is -1.63. The van der Waals surface area contributed by atoms with Crippen molar-refractivity contribution in [2.75, 3.05) is 0 Å². The van der Waals surface area contributed by atoms with Crippen LogP contribution in [-0.2, 0) is 13.0 Å². The number of fused-ring (bicyclic) bond motifs is 1. The molecule has 0 saturated heterocycles. The van der Waals surface area contributed by atoms with Crippen molar-refractivity contribution in [1.82, 2.24) is 5.32 Å². The molecular weight excluding hydrogens is 240 g/mol. The highest BCUT2D eigenvalue weighted by Crippen LogP contribution is 2.31. The second-order valence-electron chi connectivity index (χ2n) is 4.55. The van der Waals surface area contributed by atoms with Gasteiger partial charge < -0.3 is 5.32 Å². The van der Waals surface area contributed by atoms with Crippen molar-refractivity contribution < 1.29 is 0 Å². The molecule has 0 radical (unpaired) electrons. The van der Waals surface area contributed by atoms with Crippen molar-refractivity contribution in [3.63, 3.8) is 0 Å². The van der Waals surface area contributed by atoms with E-state index in [0.717, 1.165) is 11.4 Å². The number of aryl methyl sites for hydroxylation is 1. The summed E-state index contributed by atoms with van der Waals surface area (Å²) in [6, 6.07) is 15.2. The van der Waals surface area contributed by atoms with Gasteiger partial charge in [-0.05, 0) is 36.1 Å². The summed E-state index contributed by atoms with van der Waals surface area (Å²) in [7, 11) is 0. The molecule has 0 bridgehead atoms. The number of nitriles is 1. The van der Waals surface area contributed by atoms with Crippen LogP contribution in [0.25, 0.3) is 0 Å². The fourth-order valence-corrected chi connectivity index (χ4v) is 3.28. The lowest BCUT2D eigenvalue weighted by atomic mass is 10.1. The second kappa shape index (κ2) is 4.93. The number of hydrogen-bond donors (Lipinski definition) is 1. The van der Waals surface area contributed by atoms with Gasteiger partial charge in [-0.25, -0.2) is 0 Å². The lowest BCUT2D eigenvalue weighted by Crippen LogP contribution is -2.17. The molecule has 0 amide bonds. The molecule has 0 spiro atoms. The first-order chi connectivity index (χ1) is 8.86. The van der Waals surface area contributed by atoms with Gasteiger partial charge >= 0.3 is 0 Å². The zero-order valence-corrected chi connectivity index (χ0v) is 10.8. The highest BCUT2D eigenvalue weighted by Gasteiger charge is 2.21. The number of benzene rings is 1. The molecule has 3 rings (SSSR count). The predicted molar refractivity (Wildman–Crippen MR) is 73.4 cm³/mol. The maximum absolute atomic E-state index is 8.80. The van der Waals surface area contributed by atoms with E-state index >= 15 is 0 Å². The molecule has 1 unspecified atom stereocenters. The van der Waals surface area contributed by atoms with E-state index in [1.54, 1.807) is 11.3 Å². The predicted octanol–water partition coefficient (Wildman–Crippen LogP) is 3.40. The molecule has 1 aromatic carbocycles. The normalized spacial score (nSPS) is 17.4. The summed E-state index contributed by atoms with van der Waals surface area (Å²) in [5.74, 6) is 0. The molecule has 0 aliphatic heterocycles. The van der Waals surface area contributed by atoms with E-state index in [4.69, 9.17) is 5.26 Å². The summed E-state index contributed by atoms with van der Waals surface area (Å²) in [4.78, 5) is 2.02. The van der Waals surface area contributed by atoms with Gasteiger partial charge in [0.2, 0.25) is 0 Å². The molecule has 1 heterocycles. The van der Waals surface area contributed by atoms with Gasteiger partial charge in [-0.3, -0.25) is 0 Å². The Morgan fingerprint density at radius 2 is 2.17 bits per heavy atom. The van der Waals surface area contributed by atoms with Crippen LogP contribution in [0.15, 0.2) is 36.4 Å². The molecule has 0 fully saturated rings. The Kier molecular flexibility index (Phi) is 3.14. The Balaban J connectivity index is 1.67. The van der Waals surface area contributed by atoms with Crippen LogP contribution in [0.3, 0.4) is 0 Å². The van der Waals surface area contributed by atoms with Crippen molar-refractivity contribution in [2.24, 2.45) is 0 Å². The molecule has 1 N–H and O–H groups in total. The number of rotatable bonds is 3. The number of thiophene rings is 1. The maximum Gasteiger partial charge on any atom is 0.110 e. The van der Waals surface area contributed by atoms with Crippen molar-refractivity contribution >= 4 is 11.3 Å². The van der Waals surface area contributed by atoms with E-state index in [1.807, 2.05) is 12.1 Å². The van der Waals surface area contributed by atoms with Crippen molar-refractivity contribution in [1.29, 1.82) is 5.26 Å². The molecule has 2 nitrogen and oxygen atoms in total. The van der Waals surface area contributed by atoms with Gasteiger partial charge in [0.15, 0.2) is 0 Å². The number of nitrogens with one attached hydrogen (secondary N) is 1. The summed E-state index contributed by atoms with van der Waals surface area (Å²) in [6.07, 6.45) is 2.34. The zero-order chi connectivity index (χ0) is 12.4. The lowest BCUT2D eigenvalue weighted by molar-refractivity contribution is 0.533. The van der Waals surface area contributed by atoms with E-state index in [1.165, 1.54) is 28.8 Å². The first-order valence-electron chi connectivity index (χ1n) is 6.17. The summed E-state index contributed by atoms with van der Waals surface area (Å²) in [5.41, 5.74) is 2.91. The highest BCUT2D eigenvalue weighted by atomic mass is 32.1. The molecule has 1 aliphatic rings. The van der Waals surface area contributed by atoms with Gasteiger partial charge in [0.1, 0.15) is 10.9 Å². The Labute approximate surface area is 111 Å². The minimum atomic E-state index is 0.467. The minimum Gasteiger partial charge on any atom is -0.305 e. The minimum absolute atomic E-state index is 0.467. The van der Waals surface area contributed by atoms with Crippen molar-refractivity contribution in [2.45, 2.75) is 25.4 Å². The Morgan fingerprint density at radius 1 is 1.28 bits per heavy atom. The number of nitrogens with zero attached hydrogens (tertiary/aromatic N) is 1. The monoisotopic (exact) mass is 254 g/mol. The summed E-state index contributed by atoms with van der Waals surface area (Å²) < 4.78 is 0. The SMILES string of the molecule is N#Cc1ccc(CNC2CCc3ccccc32)s1. The maximum atomic E-state index is 8.80. The third-order valence-corrected chi connectivity index (χ3v) is 4.42. The first kappa shape index (κ1) is 11.5. The van der Waals surface area contributed by atoms with Crippen LogP contribution in [0, 0.1) is 11.3 Å². The zero-order valence-electron chi connectivity index (χ0n) is 10.0. The Bertz CT molecular complexity index is 595. The van der Waals surface area contributed by atoms with Crippen LogP contribution in [0.5, 0.6) is 0 Å². The van der Waals surface area contributed by atoms with Crippen LogP contribution in [-0.4, -0.2) is 0 Å². The lowest BCUT2D eigenvalue weighted by Gasteiger charge is -2.13. The van der Waals surface area contributed by atoms with Gasteiger partial charge in [-0.15, -0.1) is 11.3 Å². The molecular formula is C15H14N2S. The van der Waals surface area contributed by atoms with Gasteiger partial charge in [0, 0.05) is 17.5 Å². The fraction of sp³-hybridized carbons (Fsp3) is 0.267. The average molecular weight is 254 g/mol. The van der Waals surface area contributed by atoms with E-state index in [-0.39, 0.29) is 0 Å². The van der Waals surface area contributed by atoms with Gasteiger partial charge in [-0.2, -0.15) is 5.26 Å². The molecule has 90 valence electrons. The molecule has 0 saturated carbocycles. The number of hydrogen-bond acceptors (Lipinski definition) is 3. The molecule has 2 aromatic rings. The summed E-state index contributed by atoms with van der Waals surface area (Å²) >= 11 is 1.57. The van der Waals surface area contributed by atoms with Crippen molar-refractivity contribution in [3.8, 4) is 6.07 Å². The van der Waals surface area contributed by atoms with E-state index < -0.39 is 0 Å². The topological polar surface area (TPSA) is 35.8 Å². The van der Waals surface area contributed by atoms with Crippen molar-refractivity contribution in [3.05, 3.63) is 57.3 Å². The van der Waals surface area contributed by atoms with Crippen LogP contribution in [0.2, 0.25) is 0 Å². The van der Waals surface area contributed by atoms with E-state index in [2.05, 4.69) is 35.7 Å². The molecule has 1 aliphatic carbocycles. The van der Waals surface area contributed by atoms with E-state index in [0.29, 0.717) is 6.04 Å². The van der Waals surface area contributed by atoms with Crippen LogP contribution < -0.4 is 5.32 Å². The summed E-state index contributed by atoms with van der Waals surface area (Å²) in [6.45, 7) is 0.853.